The first-order chi connectivity index (χ1) is 7.95. The molecule has 7 nitrogen and oxygen atoms in total. The number of aryl methyl sites for hydroxylation is 1. The molecule has 92 valence electrons. The van der Waals surface area contributed by atoms with Crippen molar-refractivity contribution in [2.45, 2.75) is 26.3 Å². The number of nitrogens with one attached hydrogen (secondary N) is 1. The van der Waals surface area contributed by atoms with Gasteiger partial charge in [-0.1, -0.05) is 6.92 Å². The molecule has 0 saturated heterocycles. The average Bonchev–Trinajstić information content (AvgIpc) is 2.24. The number of aliphatic carboxylic acids is 1. The number of pyridine rings is 1. The van der Waals surface area contributed by atoms with Gasteiger partial charge in [-0.3, -0.25) is 10.1 Å². The van der Waals surface area contributed by atoms with E-state index >= 15 is 0 Å². The Bertz CT molecular complexity index is 447. The molecule has 1 aromatic rings. The van der Waals surface area contributed by atoms with Gasteiger partial charge in [0.2, 0.25) is 0 Å². The van der Waals surface area contributed by atoms with Crippen LogP contribution in [0.2, 0.25) is 0 Å². The highest BCUT2D eigenvalue weighted by atomic mass is 16.6. The molecule has 0 bridgehead atoms. The van der Waals surface area contributed by atoms with Crippen LogP contribution in [0.3, 0.4) is 0 Å². The lowest BCUT2D eigenvalue weighted by Crippen LogP contribution is -2.28. The molecule has 0 aliphatic rings. The molecule has 1 aromatic heterocycles. The number of rotatable bonds is 5. The Morgan fingerprint density at radius 3 is 2.76 bits per heavy atom. The van der Waals surface area contributed by atoms with Crippen molar-refractivity contribution in [2.24, 2.45) is 0 Å². The standard InChI is InChI=1S/C10H13N3O4/c1-3-7(10(14)15)12-9-4-6(2)8(5-11-9)13(16)17/h4-5,7H,3H2,1-2H3,(H,11,12)(H,14,15). The summed E-state index contributed by atoms with van der Waals surface area (Å²) >= 11 is 0. The number of hydrogen-bond acceptors (Lipinski definition) is 5. The van der Waals surface area contributed by atoms with E-state index in [-0.39, 0.29) is 5.69 Å². The number of hydrogen-bond donors (Lipinski definition) is 2. The maximum Gasteiger partial charge on any atom is 0.326 e. The van der Waals surface area contributed by atoms with E-state index in [2.05, 4.69) is 10.3 Å². The molecule has 0 aliphatic carbocycles. The lowest BCUT2D eigenvalue weighted by Gasteiger charge is -2.12. The predicted molar refractivity (Wildman–Crippen MR) is 61.0 cm³/mol. The molecule has 2 N–H and O–H groups in total. The maximum atomic E-state index is 10.8. The molecule has 0 radical (unpaired) electrons. The molecule has 0 fully saturated rings. The van der Waals surface area contributed by atoms with Crippen molar-refractivity contribution < 1.29 is 14.8 Å². The van der Waals surface area contributed by atoms with E-state index in [0.717, 1.165) is 6.20 Å². The number of carboxylic acids is 1. The second-order valence-corrected chi connectivity index (χ2v) is 3.56. The normalized spacial score (nSPS) is 11.9. The number of nitro groups is 1. The number of carboxylic acid groups (broad SMARTS) is 1. The summed E-state index contributed by atoms with van der Waals surface area (Å²) in [6.07, 6.45) is 1.51. The van der Waals surface area contributed by atoms with E-state index in [9.17, 15) is 14.9 Å². The minimum Gasteiger partial charge on any atom is -0.480 e. The Balaban J connectivity index is 2.90. The molecule has 17 heavy (non-hydrogen) atoms. The first-order valence-corrected chi connectivity index (χ1v) is 5.06. The number of carbonyl (C=O) groups is 1. The van der Waals surface area contributed by atoms with Crippen LogP contribution in [0, 0.1) is 17.0 Å². The van der Waals surface area contributed by atoms with Gasteiger partial charge < -0.3 is 10.4 Å². The summed E-state index contributed by atoms with van der Waals surface area (Å²) in [5.74, 6) is -0.660. The second kappa shape index (κ2) is 5.24. The molecule has 0 saturated carbocycles. The van der Waals surface area contributed by atoms with Crippen LogP contribution < -0.4 is 5.32 Å². The van der Waals surface area contributed by atoms with Crippen LogP contribution in [0.4, 0.5) is 11.5 Å². The minimum atomic E-state index is -0.981. The Morgan fingerprint density at radius 2 is 2.35 bits per heavy atom. The molecule has 7 heteroatoms. The molecule has 0 aromatic carbocycles. The fourth-order valence-corrected chi connectivity index (χ4v) is 1.34. The zero-order chi connectivity index (χ0) is 13.0. The van der Waals surface area contributed by atoms with Crippen molar-refractivity contribution in [3.05, 3.63) is 27.9 Å². The van der Waals surface area contributed by atoms with Crippen molar-refractivity contribution in [1.82, 2.24) is 4.98 Å². The highest BCUT2D eigenvalue weighted by Crippen LogP contribution is 2.19. The molecular formula is C10H13N3O4. The Morgan fingerprint density at radius 1 is 1.71 bits per heavy atom. The number of anilines is 1. The number of nitrogens with zero attached hydrogens (tertiary/aromatic N) is 2. The zero-order valence-electron chi connectivity index (χ0n) is 9.51. The lowest BCUT2D eigenvalue weighted by atomic mass is 10.2. The van der Waals surface area contributed by atoms with Gasteiger partial charge in [0.05, 0.1) is 4.92 Å². The zero-order valence-corrected chi connectivity index (χ0v) is 9.51. The third-order valence-electron chi connectivity index (χ3n) is 2.31. The van der Waals surface area contributed by atoms with Crippen LogP contribution in [0.25, 0.3) is 0 Å². The van der Waals surface area contributed by atoms with Gasteiger partial charge in [0.15, 0.2) is 0 Å². The Kier molecular flexibility index (Phi) is 3.97. The Labute approximate surface area is 97.6 Å². The average molecular weight is 239 g/mol. The Hall–Kier alpha value is -2.18. The maximum absolute atomic E-state index is 10.8. The molecule has 0 spiro atoms. The highest BCUT2D eigenvalue weighted by Gasteiger charge is 2.17. The minimum absolute atomic E-state index is 0.0843. The topological polar surface area (TPSA) is 105 Å². The molecule has 1 unspecified atom stereocenters. The predicted octanol–water partition coefficient (Wildman–Crippen LogP) is 1.57. The van der Waals surface area contributed by atoms with Crippen LogP contribution in [-0.2, 0) is 4.79 Å². The number of aromatic nitrogens is 1. The van der Waals surface area contributed by atoms with Crippen LogP contribution >= 0.6 is 0 Å². The summed E-state index contributed by atoms with van der Waals surface area (Å²) in [5, 5.41) is 22.1. The third-order valence-corrected chi connectivity index (χ3v) is 2.31. The van der Waals surface area contributed by atoms with Gasteiger partial charge >= 0.3 is 5.97 Å². The van der Waals surface area contributed by atoms with Crippen molar-refractivity contribution in [3.8, 4) is 0 Å². The quantitative estimate of drug-likeness (QED) is 0.596. The molecular weight excluding hydrogens is 226 g/mol. The van der Waals surface area contributed by atoms with Gasteiger partial charge in [-0.2, -0.15) is 0 Å². The third kappa shape index (κ3) is 3.13. The molecule has 0 amide bonds. The summed E-state index contributed by atoms with van der Waals surface area (Å²) in [4.78, 5) is 24.7. The van der Waals surface area contributed by atoms with Crippen LogP contribution in [0.1, 0.15) is 18.9 Å². The van der Waals surface area contributed by atoms with E-state index in [1.165, 1.54) is 6.07 Å². The lowest BCUT2D eigenvalue weighted by molar-refractivity contribution is -0.385. The molecule has 1 rings (SSSR count). The van der Waals surface area contributed by atoms with Crippen LogP contribution in [-0.4, -0.2) is 27.0 Å². The van der Waals surface area contributed by atoms with Crippen LogP contribution in [0.15, 0.2) is 12.3 Å². The smallest absolute Gasteiger partial charge is 0.326 e. The summed E-state index contributed by atoms with van der Waals surface area (Å²) in [6, 6.07) is 0.715. The van der Waals surface area contributed by atoms with Crippen molar-refractivity contribution >= 4 is 17.5 Å². The van der Waals surface area contributed by atoms with Gasteiger partial charge in [-0.15, -0.1) is 0 Å². The second-order valence-electron chi connectivity index (χ2n) is 3.56. The highest BCUT2D eigenvalue weighted by molar-refractivity contribution is 5.76. The summed E-state index contributed by atoms with van der Waals surface area (Å²) in [7, 11) is 0. The van der Waals surface area contributed by atoms with Gasteiger partial charge in [0.25, 0.3) is 5.69 Å². The van der Waals surface area contributed by atoms with E-state index < -0.39 is 16.9 Å². The molecule has 1 heterocycles. The van der Waals surface area contributed by atoms with Gasteiger partial charge in [-0.25, -0.2) is 9.78 Å². The van der Waals surface area contributed by atoms with Crippen molar-refractivity contribution in [3.63, 3.8) is 0 Å². The molecule has 1 atom stereocenters. The van der Waals surface area contributed by atoms with E-state index in [4.69, 9.17) is 5.11 Å². The van der Waals surface area contributed by atoms with E-state index in [1.807, 2.05) is 0 Å². The fraction of sp³-hybridized carbons (Fsp3) is 0.400. The van der Waals surface area contributed by atoms with Gasteiger partial charge in [-0.05, 0) is 19.4 Å². The van der Waals surface area contributed by atoms with Crippen molar-refractivity contribution in [2.75, 3.05) is 5.32 Å². The molecule has 0 aliphatic heterocycles. The summed E-state index contributed by atoms with van der Waals surface area (Å²) < 4.78 is 0. The monoisotopic (exact) mass is 239 g/mol. The van der Waals surface area contributed by atoms with E-state index in [0.29, 0.717) is 17.8 Å². The van der Waals surface area contributed by atoms with Crippen LogP contribution in [0.5, 0.6) is 0 Å². The first-order valence-electron chi connectivity index (χ1n) is 5.06. The fourth-order valence-electron chi connectivity index (χ4n) is 1.34. The summed E-state index contributed by atoms with van der Waals surface area (Å²) in [5.41, 5.74) is 0.353. The SMILES string of the molecule is CCC(Nc1cc(C)c([N+](=O)[O-])cn1)C(=O)O. The first kappa shape index (κ1) is 12.9. The van der Waals surface area contributed by atoms with Gasteiger partial charge in [0, 0.05) is 5.56 Å². The largest absolute Gasteiger partial charge is 0.480 e. The van der Waals surface area contributed by atoms with Crippen molar-refractivity contribution in [1.29, 1.82) is 0 Å². The van der Waals surface area contributed by atoms with E-state index in [1.54, 1.807) is 13.8 Å². The summed E-state index contributed by atoms with van der Waals surface area (Å²) in [6.45, 7) is 3.30. The van der Waals surface area contributed by atoms with Gasteiger partial charge in [0.1, 0.15) is 18.1 Å².